The molecule has 0 saturated carbocycles. The minimum Gasteiger partial charge on any atom is -0.486 e. The molecule has 1 aliphatic heterocycles. The minimum absolute atomic E-state index is 0.160. The van der Waals surface area contributed by atoms with E-state index < -0.39 is 6.10 Å². The summed E-state index contributed by atoms with van der Waals surface area (Å²) in [6, 6.07) is 10.9. The van der Waals surface area contributed by atoms with Gasteiger partial charge in [0, 0.05) is 5.02 Å². The molecule has 1 amide bonds. The van der Waals surface area contributed by atoms with Crippen molar-refractivity contribution in [1.29, 1.82) is 0 Å². The number of hydrogen-bond donors (Lipinski definition) is 1. The maximum Gasteiger partial charge on any atom is 0.261 e. The van der Waals surface area contributed by atoms with Crippen molar-refractivity contribution >= 4 is 17.5 Å². The molecule has 0 radical (unpaired) electrons. The number of ether oxygens (including phenoxy) is 3. The molecule has 0 aromatic heterocycles. The Bertz CT molecular complexity index is 824. The van der Waals surface area contributed by atoms with Crippen molar-refractivity contribution in [2.45, 2.75) is 39.3 Å². The van der Waals surface area contributed by atoms with Gasteiger partial charge in [0.05, 0.1) is 6.04 Å². The fraction of sp³-hybridized carbons (Fsp3) is 0.381. The summed E-state index contributed by atoms with van der Waals surface area (Å²) in [7, 11) is 0. The van der Waals surface area contributed by atoms with Crippen LogP contribution in [0.5, 0.6) is 17.2 Å². The summed E-state index contributed by atoms with van der Waals surface area (Å²) in [6.07, 6.45) is -0.0216. The van der Waals surface area contributed by atoms with Gasteiger partial charge in [-0.2, -0.15) is 0 Å². The number of carbonyl (C=O) groups excluding carboxylic acids is 1. The van der Waals surface area contributed by atoms with E-state index >= 15 is 0 Å². The second kappa shape index (κ2) is 8.53. The predicted octanol–water partition coefficient (Wildman–Crippen LogP) is 4.45. The quantitative estimate of drug-likeness (QED) is 0.792. The van der Waals surface area contributed by atoms with Crippen LogP contribution in [0.2, 0.25) is 5.02 Å². The van der Waals surface area contributed by atoms with Crippen molar-refractivity contribution in [2.24, 2.45) is 0 Å². The fourth-order valence-corrected chi connectivity index (χ4v) is 3.01. The average molecular weight is 390 g/mol. The summed E-state index contributed by atoms with van der Waals surface area (Å²) < 4.78 is 17.0. The first-order valence-electron chi connectivity index (χ1n) is 9.10. The standard InChI is InChI=1S/C21H24ClNO4/c1-4-18(27-16-6-7-17(22)13(2)11-16)21(24)23-14(3)15-5-8-19-20(12-15)26-10-9-25-19/h5-8,11-12,14,18H,4,9-10H2,1-3H3,(H,23,24). The summed E-state index contributed by atoms with van der Waals surface area (Å²) in [5.74, 6) is 1.91. The van der Waals surface area contributed by atoms with Crippen LogP contribution in [0.1, 0.15) is 37.4 Å². The third-order valence-electron chi connectivity index (χ3n) is 4.50. The van der Waals surface area contributed by atoms with Gasteiger partial charge in [0.25, 0.3) is 5.91 Å². The highest BCUT2D eigenvalue weighted by Gasteiger charge is 2.22. The maximum atomic E-state index is 12.7. The molecule has 0 saturated heterocycles. The molecule has 1 N–H and O–H groups in total. The molecule has 27 heavy (non-hydrogen) atoms. The van der Waals surface area contributed by atoms with E-state index in [0.29, 0.717) is 36.2 Å². The Morgan fingerprint density at radius 1 is 1.19 bits per heavy atom. The lowest BCUT2D eigenvalue weighted by molar-refractivity contribution is -0.128. The number of carbonyl (C=O) groups is 1. The van der Waals surface area contributed by atoms with Crippen molar-refractivity contribution in [3.05, 3.63) is 52.5 Å². The number of fused-ring (bicyclic) bond motifs is 1. The second-order valence-corrected chi connectivity index (χ2v) is 6.97. The van der Waals surface area contributed by atoms with Gasteiger partial charge in [0.15, 0.2) is 17.6 Å². The monoisotopic (exact) mass is 389 g/mol. The van der Waals surface area contributed by atoms with Crippen molar-refractivity contribution in [1.82, 2.24) is 5.32 Å². The minimum atomic E-state index is -0.578. The molecular formula is C21H24ClNO4. The van der Waals surface area contributed by atoms with Gasteiger partial charge in [0.1, 0.15) is 19.0 Å². The highest BCUT2D eigenvalue weighted by Crippen LogP contribution is 2.32. The van der Waals surface area contributed by atoms with E-state index in [1.807, 2.05) is 45.0 Å². The molecule has 6 heteroatoms. The maximum absolute atomic E-state index is 12.7. The molecule has 144 valence electrons. The number of rotatable bonds is 6. The highest BCUT2D eigenvalue weighted by atomic mass is 35.5. The molecule has 3 rings (SSSR count). The van der Waals surface area contributed by atoms with Gasteiger partial charge in [-0.1, -0.05) is 24.6 Å². The zero-order valence-electron chi connectivity index (χ0n) is 15.8. The Kier molecular flexibility index (Phi) is 6.11. The average Bonchev–Trinajstić information content (AvgIpc) is 2.68. The van der Waals surface area contributed by atoms with E-state index in [1.165, 1.54) is 0 Å². The fourth-order valence-electron chi connectivity index (χ4n) is 2.90. The van der Waals surface area contributed by atoms with Gasteiger partial charge in [-0.05, 0) is 61.7 Å². The van der Waals surface area contributed by atoms with Crippen LogP contribution in [0, 0.1) is 6.92 Å². The van der Waals surface area contributed by atoms with Crippen molar-refractivity contribution in [3.8, 4) is 17.2 Å². The Hall–Kier alpha value is -2.40. The number of benzene rings is 2. The van der Waals surface area contributed by atoms with Crippen molar-refractivity contribution in [2.75, 3.05) is 13.2 Å². The van der Waals surface area contributed by atoms with Gasteiger partial charge >= 0.3 is 0 Å². The first kappa shape index (κ1) is 19.4. The molecule has 2 aromatic carbocycles. The van der Waals surface area contributed by atoms with Crippen LogP contribution in [0.25, 0.3) is 0 Å². The normalized spacial score (nSPS) is 15.0. The lowest BCUT2D eigenvalue weighted by atomic mass is 10.1. The van der Waals surface area contributed by atoms with E-state index in [2.05, 4.69) is 5.32 Å². The topological polar surface area (TPSA) is 56.8 Å². The van der Waals surface area contributed by atoms with Crippen molar-refractivity contribution in [3.63, 3.8) is 0 Å². The Morgan fingerprint density at radius 2 is 1.93 bits per heavy atom. The number of aryl methyl sites for hydroxylation is 1. The van der Waals surface area contributed by atoms with Gasteiger partial charge in [0.2, 0.25) is 0 Å². The molecule has 2 unspecified atom stereocenters. The predicted molar refractivity (Wildman–Crippen MR) is 105 cm³/mol. The van der Waals surface area contributed by atoms with Crippen LogP contribution in [0.4, 0.5) is 0 Å². The smallest absolute Gasteiger partial charge is 0.261 e. The molecule has 2 aromatic rings. The lowest BCUT2D eigenvalue weighted by Crippen LogP contribution is -2.39. The van der Waals surface area contributed by atoms with Gasteiger partial charge in [-0.25, -0.2) is 0 Å². The summed E-state index contributed by atoms with van der Waals surface area (Å²) >= 11 is 6.05. The van der Waals surface area contributed by atoms with E-state index in [1.54, 1.807) is 12.1 Å². The third-order valence-corrected chi connectivity index (χ3v) is 4.92. The molecule has 1 aliphatic rings. The molecule has 0 bridgehead atoms. The van der Waals surface area contributed by atoms with Crippen LogP contribution < -0.4 is 19.5 Å². The third kappa shape index (κ3) is 4.66. The van der Waals surface area contributed by atoms with E-state index in [-0.39, 0.29) is 11.9 Å². The SMILES string of the molecule is CCC(Oc1ccc(Cl)c(C)c1)C(=O)NC(C)c1ccc2c(c1)OCCO2. The number of nitrogens with one attached hydrogen (secondary N) is 1. The van der Waals surface area contributed by atoms with Gasteiger partial charge in [-0.3, -0.25) is 4.79 Å². The largest absolute Gasteiger partial charge is 0.486 e. The summed E-state index contributed by atoms with van der Waals surface area (Å²) in [4.78, 5) is 12.7. The number of halogens is 1. The van der Waals surface area contributed by atoms with Crippen LogP contribution in [-0.2, 0) is 4.79 Å². The zero-order valence-corrected chi connectivity index (χ0v) is 16.5. The Labute approximate surface area is 164 Å². The molecule has 0 aliphatic carbocycles. The summed E-state index contributed by atoms with van der Waals surface area (Å²) in [6.45, 7) is 6.84. The van der Waals surface area contributed by atoms with E-state index in [4.69, 9.17) is 25.8 Å². The number of amides is 1. The Balaban J connectivity index is 1.66. The molecule has 1 heterocycles. The van der Waals surface area contributed by atoms with E-state index in [0.717, 1.165) is 16.9 Å². The molecule has 0 fully saturated rings. The highest BCUT2D eigenvalue weighted by molar-refractivity contribution is 6.31. The van der Waals surface area contributed by atoms with Gasteiger partial charge < -0.3 is 19.5 Å². The van der Waals surface area contributed by atoms with Crippen LogP contribution >= 0.6 is 11.6 Å². The van der Waals surface area contributed by atoms with Gasteiger partial charge in [-0.15, -0.1) is 0 Å². The number of hydrogen-bond acceptors (Lipinski definition) is 4. The molecule has 2 atom stereocenters. The molecule has 0 spiro atoms. The first-order chi connectivity index (χ1) is 13.0. The molecule has 5 nitrogen and oxygen atoms in total. The second-order valence-electron chi connectivity index (χ2n) is 6.56. The lowest BCUT2D eigenvalue weighted by Gasteiger charge is -2.23. The Morgan fingerprint density at radius 3 is 2.63 bits per heavy atom. The van der Waals surface area contributed by atoms with Crippen molar-refractivity contribution < 1.29 is 19.0 Å². The molecular weight excluding hydrogens is 366 g/mol. The van der Waals surface area contributed by atoms with E-state index in [9.17, 15) is 4.79 Å². The first-order valence-corrected chi connectivity index (χ1v) is 9.48. The van der Waals surface area contributed by atoms with Crippen LogP contribution in [0.3, 0.4) is 0 Å². The summed E-state index contributed by atoms with van der Waals surface area (Å²) in [5.41, 5.74) is 1.86. The van der Waals surface area contributed by atoms with Crippen LogP contribution in [-0.4, -0.2) is 25.2 Å². The summed E-state index contributed by atoms with van der Waals surface area (Å²) in [5, 5.41) is 3.69. The zero-order chi connectivity index (χ0) is 19.4. The van der Waals surface area contributed by atoms with Crippen LogP contribution in [0.15, 0.2) is 36.4 Å².